The summed E-state index contributed by atoms with van der Waals surface area (Å²) in [7, 11) is 2.02. The maximum atomic E-state index is 13.2. The highest BCUT2D eigenvalue weighted by atomic mass is 35.5. The Labute approximate surface area is 177 Å². The lowest BCUT2D eigenvalue weighted by atomic mass is 9.97. The number of ether oxygens (including phenoxy) is 1. The third-order valence-electron chi connectivity index (χ3n) is 4.73. The van der Waals surface area contributed by atoms with Gasteiger partial charge in [0.2, 0.25) is 0 Å². The number of esters is 1. The third-order valence-corrected chi connectivity index (χ3v) is 5.06. The predicted molar refractivity (Wildman–Crippen MR) is 121 cm³/mol. The van der Waals surface area contributed by atoms with E-state index in [1.165, 1.54) is 0 Å². The van der Waals surface area contributed by atoms with E-state index in [1.807, 2.05) is 76.3 Å². The first kappa shape index (κ1) is 21.1. The molecule has 29 heavy (non-hydrogen) atoms. The van der Waals surface area contributed by atoms with Crippen molar-refractivity contribution in [1.29, 1.82) is 0 Å². The number of carbonyl (C=O) groups is 1. The van der Waals surface area contributed by atoms with E-state index in [0.29, 0.717) is 10.6 Å². The molecule has 0 saturated heterocycles. The molecule has 0 unspecified atom stereocenters. The second-order valence-electron chi connectivity index (χ2n) is 8.39. The minimum Gasteiger partial charge on any atom is -0.455 e. The number of aromatic nitrogens is 1. The fourth-order valence-electron chi connectivity index (χ4n) is 3.21. The summed E-state index contributed by atoms with van der Waals surface area (Å²) in [5, 5.41) is 1.53. The van der Waals surface area contributed by atoms with Gasteiger partial charge in [0.05, 0.1) is 11.2 Å². The molecule has 0 aliphatic rings. The van der Waals surface area contributed by atoms with E-state index in [1.54, 1.807) is 0 Å². The molecule has 0 amide bonds. The van der Waals surface area contributed by atoms with Crippen molar-refractivity contribution in [2.45, 2.75) is 46.3 Å². The molecule has 152 valence electrons. The molecule has 0 saturated carbocycles. The van der Waals surface area contributed by atoms with Crippen LogP contribution in [0.4, 0.5) is 5.69 Å². The Morgan fingerprint density at radius 3 is 2.31 bits per heavy atom. The number of pyridine rings is 1. The van der Waals surface area contributed by atoms with Gasteiger partial charge in [0.15, 0.2) is 5.69 Å². The number of hydrogen-bond acceptors (Lipinski definition) is 4. The number of fused-ring (bicyclic) bond motifs is 1. The molecule has 0 aliphatic carbocycles. The summed E-state index contributed by atoms with van der Waals surface area (Å²) in [6.45, 7) is 9.77. The Morgan fingerprint density at radius 1 is 1.07 bits per heavy atom. The summed E-state index contributed by atoms with van der Waals surface area (Å²) in [6.07, 6.45) is 0. The van der Waals surface area contributed by atoms with Crippen molar-refractivity contribution in [3.63, 3.8) is 0 Å². The van der Waals surface area contributed by atoms with Gasteiger partial charge in [0, 0.05) is 34.6 Å². The molecule has 1 aromatic heterocycles. The van der Waals surface area contributed by atoms with Gasteiger partial charge in [0.1, 0.15) is 5.60 Å². The maximum absolute atomic E-state index is 13.2. The first-order chi connectivity index (χ1) is 13.6. The molecule has 0 radical (unpaired) electrons. The van der Waals surface area contributed by atoms with E-state index < -0.39 is 11.6 Å². The zero-order valence-electron chi connectivity index (χ0n) is 17.8. The van der Waals surface area contributed by atoms with Gasteiger partial charge in [-0.15, -0.1) is 0 Å². The second kappa shape index (κ2) is 8.03. The quantitative estimate of drug-likeness (QED) is 0.469. The molecule has 0 atom stereocenters. The first-order valence-electron chi connectivity index (χ1n) is 9.74. The summed E-state index contributed by atoms with van der Waals surface area (Å²) in [5.41, 5.74) is 2.75. The van der Waals surface area contributed by atoms with Gasteiger partial charge in [-0.2, -0.15) is 0 Å². The van der Waals surface area contributed by atoms with Gasteiger partial charge in [-0.1, -0.05) is 48.0 Å². The molecule has 3 aromatic rings. The summed E-state index contributed by atoms with van der Waals surface area (Å²) in [6, 6.07) is 15.6. The van der Waals surface area contributed by atoms with Gasteiger partial charge in [-0.25, -0.2) is 9.78 Å². The second-order valence-corrected chi connectivity index (χ2v) is 8.79. The summed E-state index contributed by atoms with van der Waals surface area (Å²) in [4.78, 5) is 20.1. The first-order valence-corrected chi connectivity index (χ1v) is 10.1. The average Bonchev–Trinajstić information content (AvgIpc) is 2.65. The summed E-state index contributed by atoms with van der Waals surface area (Å²) >= 11 is 6.58. The van der Waals surface area contributed by atoms with E-state index in [-0.39, 0.29) is 11.7 Å². The largest absolute Gasteiger partial charge is 0.455 e. The number of anilines is 1. The van der Waals surface area contributed by atoms with Crippen LogP contribution < -0.4 is 4.90 Å². The van der Waals surface area contributed by atoms with Crippen LogP contribution in [-0.2, 0) is 4.74 Å². The zero-order valence-corrected chi connectivity index (χ0v) is 18.5. The Kier molecular flexibility index (Phi) is 5.85. The van der Waals surface area contributed by atoms with Crippen LogP contribution in [0.25, 0.3) is 22.0 Å². The number of carbonyl (C=O) groups excluding carboxylic acids is 1. The van der Waals surface area contributed by atoms with Crippen LogP contribution in [0.1, 0.15) is 45.1 Å². The highest BCUT2D eigenvalue weighted by molar-refractivity contribution is 6.34. The van der Waals surface area contributed by atoms with Gasteiger partial charge < -0.3 is 9.64 Å². The van der Waals surface area contributed by atoms with Crippen molar-refractivity contribution >= 4 is 34.2 Å². The van der Waals surface area contributed by atoms with E-state index >= 15 is 0 Å². The maximum Gasteiger partial charge on any atom is 0.358 e. The summed E-state index contributed by atoms with van der Waals surface area (Å²) < 4.78 is 5.71. The zero-order chi connectivity index (χ0) is 21.3. The normalized spacial score (nSPS) is 11.7. The van der Waals surface area contributed by atoms with Gasteiger partial charge in [-0.3, -0.25) is 0 Å². The minimum atomic E-state index is -0.633. The van der Waals surface area contributed by atoms with E-state index in [4.69, 9.17) is 21.3 Å². The monoisotopic (exact) mass is 410 g/mol. The number of para-hydroxylation sites is 1. The number of halogens is 1. The van der Waals surface area contributed by atoms with Crippen molar-refractivity contribution < 1.29 is 9.53 Å². The smallest absolute Gasteiger partial charge is 0.358 e. The molecular formula is C24H27ClN2O2. The predicted octanol–water partition coefficient (Wildman–Crippen LogP) is 6.36. The molecule has 0 bridgehead atoms. The van der Waals surface area contributed by atoms with E-state index in [2.05, 4.69) is 18.7 Å². The highest BCUT2D eigenvalue weighted by Crippen LogP contribution is 2.42. The molecule has 0 N–H and O–H groups in total. The standard InChI is InChI=1S/C24H27ClN2O2/c1-15(2)27(6)22-17-12-8-10-14-19(17)26-21(23(28)29-24(3,4)5)20(22)16-11-7-9-13-18(16)25/h7-15H,1-6H3. The molecule has 5 heteroatoms. The van der Waals surface area contributed by atoms with Gasteiger partial charge >= 0.3 is 5.97 Å². The van der Waals surface area contributed by atoms with Crippen molar-refractivity contribution in [3.05, 3.63) is 59.2 Å². The topological polar surface area (TPSA) is 42.4 Å². The van der Waals surface area contributed by atoms with Crippen LogP contribution in [0, 0.1) is 0 Å². The number of hydrogen-bond donors (Lipinski definition) is 0. The molecular weight excluding hydrogens is 384 g/mol. The highest BCUT2D eigenvalue weighted by Gasteiger charge is 2.28. The van der Waals surface area contributed by atoms with E-state index in [0.717, 1.165) is 22.2 Å². The van der Waals surface area contributed by atoms with Crippen LogP contribution in [0.5, 0.6) is 0 Å². The molecule has 1 heterocycles. The SMILES string of the molecule is CC(C)N(C)c1c(-c2ccccc2Cl)c(C(=O)OC(C)(C)C)nc2ccccc12. The lowest BCUT2D eigenvalue weighted by Gasteiger charge is -2.30. The molecule has 3 rings (SSSR count). The van der Waals surface area contributed by atoms with Gasteiger partial charge in [-0.05, 0) is 46.8 Å². The number of rotatable bonds is 4. The number of benzene rings is 2. The third kappa shape index (κ3) is 4.38. The van der Waals surface area contributed by atoms with E-state index in [9.17, 15) is 4.79 Å². The van der Waals surface area contributed by atoms with Crippen LogP contribution >= 0.6 is 11.6 Å². The fourth-order valence-corrected chi connectivity index (χ4v) is 3.44. The van der Waals surface area contributed by atoms with Crippen LogP contribution in [0.3, 0.4) is 0 Å². The Balaban J connectivity index is 2.44. The van der Waals surface area contributed by atoms with Crippen molar-refractivity contribution in [2.75, 3.05) is 11.9 Å². The van der Waals surface area contributed by atoms with Gasteiger partial charge in [0.25, 0.3) is 0 Å². The Bertz CT molecular complexity index is 1050. The Morgan fingerprint density at radius 2 is 1.69 bits per heavy atom. The lowest BCUT2D eigenvalue weighted by Crippen LogP contribution is -2.29. The molecule has 4 nitrogen and oxygen atoms in total. The van der Waals surface area contributed by atoms with Crippen LogP contribution in [0.15, 0.2) is 48.5 Å². The molecule has 0 fully saturated rings. The minimum absolute atomic E-state index is 0.202. The van der Waals surface area contributed by atoms with Crippen LogP contribution in [0.2, 0.25) is 5.02 Å². The average molecular weight is 411 g/mol. The van der Waals surface area contributed by atoms with Crippen molar-refractivity contribution in [1.82, 2.24) is 4.98 Å². The summed E-state index contributed by atoms with van der Waals surface area (Å²) in [5.74, 6) is -0.462. The number of nitrogens with zero attached hydrogens (tertiary/aromatic N) is 2. The van der Waals surface area contributed by atoms with Crippen molar-refractivity contribution in [2.24, 2.45) is 0 Å². The Hall–Kier alpha value is -2.59. The van der Waals surface area contributed by atoms with Crippen molar-refractivity contribution in [3.8, 4) is 11.1 Å². The lowest BCUT2D eigenvalue weighted by molar-refractivity contribution is 0.00643. The molecule has 2 aromatic carbocycles. The van der Waals surface area contributed by atoms with Crippen LogP contribution in [-0.4, -0.2) is 29.6 Å². The molecule has 0 spiro atoms. The molecule has 0 aliphatic heterocycles. The fraction of sp³-hybridized carbons (Fsp3) is 0.333.